The average molecular weight is 380 g/mol. The minimum atomic E-state index is 0.0590. The molecule has 0 spiro atoms. The minimum absolute atomic E-state index is 0.0590. The van der Waals surface area contributed by atoms with Crippen molar-refractivity contribution in [1.82, 2.24) is 5.32 Å². The van der Waals surface area contributed by atoms with Gasteiger partial charge in [0, 0.05) is 18.7 Å². The number of aliphatic hydroxyl groups is 1. The van der Waals surface area contributed by atoms with Gasteiger partial charge in [-0.15, -0.1) is 0 Å². The van der Waals surface area contributed by atoms with Gasteiger partial charge in [-0.2, -0.15) is 0 Å². The zero-order valence-corrected chi connectivity index (χ0v) is 16.0. The summed E-state index contributed by atoms with van der Waals surface area (Å²) in [6.45, 7) is 4.87. The van der Waals surface area contributed by atoms with Crippen LogP contribution in [0, 0.1) is 13.8 Å². The van der Waals surface area contributed by atoms with Gasteiger partial charge in [-0.3, -0.25) is 4.79 Å². The lowest BCUT2D eigenvalue weighted by molar-refractivity contribution is 0.0990. The molecule has 0 amide bonds. The predicted molar refractivity (Wildman–Crippen MR) is 104 cm³/mol. The van der Waals surface area contributed by atoms with E-state index in [2.05, 4.69) is 5.32 Å². The van der Waals surface area contributed by atoms with Crippen molar-refractivity contribution in [2.24, 2.45) is 0 Å². The first-order chi connectivity index (χ1) is 11.9. The second-order valence-corrected chi connectivity index (χ2v) is 7.13. The third-order valence-electron chi connectivity index (χ3n) is 4.11. The van der Waals surface area contributed by atoms with E-state index >= 15 is 0 Å². The number of rotatable bonds is 8. The number of carbonyl (C=O) groups excluding carboxylic acids is 1. The molecule has 0 bridgehead atoms. The van der Waals surface area contributed by atoms with Crippen molar-refractivity contribution in [1.29, 1.82) is 0 Å². The molecular weight excluding hydrogens is 357 g/mol. The Labute approximate surface area is 159 Å². The van der Waals surface area contributed by atoms with E-state index in [0.717, 1.165) is 22.3 Å². The Balaban J connectivity index is 1.99. The first-order valence-corrected chi connectivity index (χ1v) is 9.04. The Bertz CT molecular complexity index is 726. The zero-order valence-electron chi connectivity index (χ0n) is 14.5. The number of benzene rings is 2. The monoisotopic (exact) mass is 379 g/mol. The molecule has 2 aromatic rings. The third kappa shape index (κ3) is 5.82. The van der Waals surface area contributed by atoms with Crippen molar-refractivity contribution in [3.63, 3.8) is 0 Å². The molecule has 3 nitrogen and oxygen atoms in total. The van der Waals surface area contributed by atoms with Gasteiger partial charge in [0.05, 0.1) is 16.6 Å². The van der Waals surface area contributed by atoms with E-state index in [1.807, 2.05) is 44.2 Å². The van der Waals surface area contributed by atoms with Crippen LogP contribution < -0.4 is 5.32 Å². The van der Waals surface area contributed by atoms with Crippen LogP contribution in [0.3, 0.4) is 0 Å². The molecule has 25 heavy (non-hydrogen) atoms. The van der Waals surface area contributed by atoms with E-state index in [0.29, 0.717) is 23.0 Å². The Hall–Kier alpha value is -1.39. The number of aryl methyl sites for hydroxylation is 2. The highest BCUT2D eigenvalue weighted by Gasteiger charge is 2.14. The summed E-state index contributed by atoms with van der Waals surface area (Å²) in [5.41, 5.74) is 3.88. The first-order valence-electron chi connectivity index (χ1n) is 8.28. The normalized spacial score (nSPS) is 12.2. The van der Waals surface area contributed by atoms with Crippen LogP contribution in [0.15, 0.2) is 36.4 Å². The fourth-order valence-electron chi connectivity index (χ4n) is 2.91. The summed E-state index contributed by atoms with van der Waals surface area (Å²) in [6, 6.07) is 11.3. The highest BCUT2D eigenvalue weighted by molar-refractivity contribution is 6.42. The van der Waals surface area contributed by atoms with Crippen LogP contribution >= 0.6 is 23.2 Å². The maximum Gasteiger partial charge on any atom is 0.176 e. The molecule has 134 valence electrons. The third-order valence-corrected chi connectivity index (χ3v) is 4.85. The van der Waals surface area contributed by atoms with E-state index in [-0.39, 0.29) is 24.9 Å². The van der Waals surface area contributed by atoms with Crippen LogP contribution in [0.1, 0.15) is 39.4 Å². The number of hydrogen-bond acceptors (Lipinski definition) is 3. The van der Waals surface area contributed by atoms with E-state index in [9.17, 15) is 9.90 Å². The predicted octanol–water partition coefficient (Wildman–Crippen LogP) is 4.55. The fourth-order valence-corrected chi connectivity index (χ4v) is 3.21. The van der Waals surface area contributed by atoms with Crippen LogP contribution in [-0.2, 0) is 0 Å². The highest BCUT2D eigenvalue weighted by Crippen LogP contribution is 2.27. The number of aliphatic hydroxyl groups excluding tert-OH is 1. The lowest BCUT2D eigenvalue weighted by Gasteiger charge is -2.17. The molecule has 2 rings (SSSR count). The number of nitrogens with one attached hydrogen (secondary N) is 1. The van der Waals surface area contributed by atoms with Gasteiger partial charge >= 0.3 is 0 Å². The first kappa shape index (κ1) is 19.9. The molecule has 0 aliphatic heterocycles. The molecule has 2 N–H and O–H groups in total. The Morgan fingerprint density at radius 1 is 1.08 bits per heavy atom. The molecule has 0 fully saturated rings. The smallest absolute Gasteiger partial charge is 0.176 e. The molecule has 5 heteroatoms. The zero-order chi connectivity index (χ0) is 18.4. The Morgan fingerprint density at radius 3 is 2.36 bits per heavy atom. The number of hydrogen-bond donors (Lipinski definition) is 2. The Morgan fingerprint density at radius 2 is 1.76 bits per heavy atom. The Kier molecular flexibility index (Phi) is 7.45. The van der Waals surface area contributed by atoms with Gasteiger partial charge in [0.15, 0.2) is 5.78 Å². The second-order valence-electron chi connectivity index (χ2n) is 6.31. The number of ketones is 1. The molecule has 0 saturated heterocycles. The van der Waals surface area contributed by atoms with Gasteiger partial charge in [-0.25, -0.2) is 0 Å². The average Bonchev–Trinajstić information content (AvgIpc) is 2.55. The van der Waals surface area contributed by atoms with Crippen molar-refractivity contribution in [3.05, 3.63) is 68.7 Å². The molecule has 0 radical (unpaired) electrons. The van der Waals surface area contributed by atoms with Crippen molar-refractivity contribution in [2.75, 3.05) is 19.7 Å². The standard InChI is InChI=1S/C20H23Cl2NO2/c1-13-7-14(2)9-17(8-13)20(25)12-23-11-16(5-6-24)15-3-4-18(21)19(22)10-15/h3-4,7-10,16,23-24H,5-6,11-12H2,1-2H3/t16-/m1/s1. The fraction of sp³-hybridized carbons (Fsp3) is 0.350. The van der Waals surface area contributed by atoms with Crippen LogP contribution in [0.25, 0.3) is 0 Å². The largest absolute Gasteiger partial charge is 0.396 e. The molecule has 1 atom stereocenters. The van der Waals surface area contributed by atoms with Crippen molar-refractivity contribution in [2.45, 2.75) is 26.2 Å². The quantitative estimate of drug-likeness (QED) is 0.661. The molecule has 0 aromatic heterocycles. The summed E-state index contributed by atoms with van der Waals surface area (Å²) < 4.78 is 0. The topological polar surface area (TPSA) is 49.3 Å². The second kappa shape index (κ2) is 9.35. The van der Waals surface area contributed by atoms with Gasteiger partial charge in [0.1, 0.15) is 0 Å². The maximum atomic E-state index is 12.4. The number of Topliss-reactive ketones (excluding diaryl/α,β-unsaturated/α-hetero) is 1. The van der Waals surface area contributed by atoms with Crippen LogP contribution in [0.2, 0.25) is 10.0 Å². The summed E-state index contributed by atoms with van der Waals surface area (Å²) in [5, 5.41) is 13.5. The van der Waals surface area contributed by atoms with Gasteiger partial charge in [0.2, 0.25) is 0 Å². The molecule has 2 aromatic carbocycles. The van der Waals surface area contributed by atoms with E-state index < -0.39 is 0 Å². The van der Waals surface area contributed by atoms with Crippen molar-refractivity contribution >= 4 is 29.0 Å². The molecule has 0 aliphatic rings. The summed E-state index contributed by atoms with van der Waals surface area (Å²) in [5.74, 6) is 0.121. The molecule has 0 heterocycles. The van der Waals surface area contributed by atoms with Gasteiger partial charge in [0.25, 0.3) is 0 Å². The minimum Gasteiger partial charge on any atom is -0.396 e. The summed E-state index contributed by atoms with van der Waals surface area (Å²) in [6.07, 6.45) is 0.586. The SMILES string of the molecule is Cc1cc(C)cc(C(=O)CNC[C@@H](CCO)c2ccc(Cl)c(Cl)c2)c1. The lowest BCUT2D eigenvalue weighted by Crippen LogP contribution is -2.28. The van der Waals surface area contributed by atoms with Gasteiger partial charge < -0.3 is 10.4 Å². The summed E-state index contributed by atoms with van der Waals surface area (Å²) in [4.78, 5) is 12.4. The molecule has 0 unspecified atom stereocenters. The van der Waals surface area contributed by atoms with Crippen LogP contribution in [0.4, 0.5) is 0 Å². The van der Waals surface area contributed by atoms with E-state index in [4.69, 9.17) is 23.2 Å². The molecule has 0 saturated carbocycles. The van der Waals surface area contributed by atoms with Crippen molar-refractivity contribution < 1.29 is 9.90 Å². The van der Waals surface area contributed by atoms with Gasteiger partial charge in [-0.1, -0.05) is 46.5 Å². The van der Waals surface area contributed by atoms with Crippen LogP contribution in [0.5, 0.6) is 0 Å². The van der Waals surface area contributed by atoms with Gasteiger partial charge in [-0.05, 0) is 56.0 Å². The lowest BCUT2D eigenvalue weighted by atomic mass is 9.96. The highest BCUT2D eigenvalue weighted by atomic mass is 35.5. The number of halogens is 2. The molecule has 0 aliphatic carbocycles. The van der Waals surface area contributed by atoms with E-state index in [1.165, 1.54) is 0 Å². The van der Waals surface area contributed by atoms with Crippen LogP contribution in [-0.4, -0.2) is 30.6 Å². The van der Waals surface area contributed by atoms with E-state index in [1.54, 1.807) is 6.07 Å². The number of carbonyl (C=O) groups is 1. The maximum absolute atomic E-state index is 12.4. The van der Waals surface area contributed by atoms with Crippen molar-refractivity contribution in [3.8, 4) is 0 Å². The summed E-state index contributed by atoms with van der Waals surface area (Å²) in [7, 11) is 0. The summed E-state index contributed by atoms with van der Waals surface area (Å²) >= 11 is 12.0. The molecular formula is C20H23Cl2NO2.